The van der Waals surface area contributed by atoms with E-state index >= 15 is 0 Å². The van der Waals surface area contributed by atoms with E-state index in [9.17, 15) is 15.0 Å². The number of imidazole rings is 1. The van der Waals surface area contributed by atoms with E-state index in [1.165, 1.54) is 17.2 Å². The van der Waals surface area contributed by atoms with Gasteiger partial charge in [0.05, 0.1) is 18.0 Å². The second-order valence-corrected chi connectivity index (χ2v) is 8.52. The topological polar surface area (TPSA) is 184 Å². The van der Waals surface area contributed by atoms with Crippen molar-refractivity contribution < 1.29 is 24.9 Å². The monoisotopic (exact) mass is 493 g/mol. The fraction of sp³-hybridized carbons (Fsp3) is 0.375. The summed E-state index contributed by atoms with van der Waals surface area (Å²) < 4.78 is 7.55. The lowest BCUT2D eigenvalue weighted by Crippen LogP contribution is -2.40. The van der Waals surface area contributed by atoms with E-state index in [-0.39, 0.29) is 18.8 Å². The van der Waals surface area contributed by atoms with Gasteiger partial charge in [0.15, 0.2) is 17.7 Å². The van der Waals surface area contributed by atoms with Gasteiger partial charge in [0.2, 0.25) is 0 Å². The number of aromatic nitrogens is 4. The molecule has 4 atom stereocenters. The van der Waals surface area contributed by atoms with Gasteiger partial charge < -0.3 is 25.8 Å². The lowest BCUT2D eigenvalue weighted by molar-refractivity contribution is -0.137. The number of carboxylic acids is 1. The average Bonchev–Trinajstić information content (AvgIpc) is 3.41. The highest BCUT2D eigenvalue weighted by Crippen LogP contribution is 2.32. The highest BCUT2D eigenvalue weighted by molar-refractivity contribution is 5.81. The normalized spacial score (nSPS) is 21.9. The van der Waals surface area contributed by atoms with Crippen LogP contribution in [-0.2, 0) is 9.53 Å². The first-order chi connectivity index (χ1) is 17.4. The third-order valence-electron chi connectivity index (χ3n) is 6.02. The Hall–Kier alpha value is -3.89. The van der Waals surface area contributed by atoms with Crippen LogP contribution in [0.4, 0.5) is 5.82 Å². The van der Waals surface area contributed by atoms with Gasteiger partial charge >= 0.3 is 5.97 Å². The maximum atomic E-state index is 11.0. The van der Waals surface area contributed by atoms with Gasteiger partial charge in [0.1, 0.15) is 30.2 Å². The summed E-state index contributed by atoms with van der Waals surface area (Å²) in [4.78, 5) is 25.2. The molecule has 0 spiro atoms. The summed E-state index contributed by atoms with van der Waals surface area (Å²) in [5, 5.41) is 39.4. The van der Waals surface area contributed by atoms with E-state index in [0.717, 1.165) is 5.56 Å². The smallest absolute Gasteiger partial charge is 0.303 e. The molecule has 0 saturated carbocycles. The molecule has 0 bridgehead atoms. The Balaban J connectivity index is 1.46. The summed E-state index contributed by atoms with van der Waals surface area (Å²) in [6.07, 6.45) is 2.87. The number of fused-ring (bicyclic) bond motifs is 1. The molecule has 3 aromatic rings. The number of nitriles is 1. The summed E-state index contributed by atoms with van der Waals surface area (Å²) in [5.41, 5.74) is 8.08. The van der Waals surface area contributed by atoms with E-state index in [4.69, 9.17) is 20.8 Å². The molecule has 1 aliphatic heterocycles. The molecule has 188 valence electrons. The number of benzene rings is 1. The first kappa shape index (κ1) is 25.2. The second-order valence-electron chi connectivity index (χ2n) is 8.52. The Bertz CT molecular complexity index is 1270. The summed E-state index contributed by atoms with van der Waals surface area (Å²) in [7, 11) is 0. The molecular formula is C24H27N7O5. The van der Waals surface area contributed by atoms with Crippen LogP contribution in [0.2, 0.25) is 0 Å². The molecule has 5 N–H and O–H groups in total. The number of hydrogen-bond donors (Lipinski definition) is 4. The Morgan fingerprint density at radius 2 is 2.00 bits per heavy atom. The van der Waals surface area contributed by atoms with Crippen molar-refractivity contribution in [3.05, 3.63) is 54.1 Å². The number of nitrogens with two attached hydrogens (primary N) is 1. The first-order valence-corrected chi connectivity index (χ1v) is 11.4. The Labute approximate surface area is 206 Å². The van der Waals surface area contributed by atoms with Crippen LogP contribution in [-0.4, -0.2) is 83.7 Å². The van der Waals surface area contributed by atoms with Gasteiger partial charge in [-0.05, 0) is 30.7 Å². The molecule has 0 radical (unpaired) electrons. The number of carbonyl (C=O) groups is 1. The molecule has 0 unspecified atom stereocenters. The third-order valence-corrected chi connectivity index (χ3v) is 6.02. The van der Waals surface area contributed by atoms with Gasteiger partial charge in [0, 0.05) is 19.5 Å². The number of nitrogen functional groups attached to an aromatic ring is 1. The fourth-order valence-electron chi connectivity index (χ4n) is 4.14. The minimum Gasteiger partial charge on any atom is -0.481 e. The highest BCUT2D eigenvalue weighted by atomic mass is 16.6. The molecule has 2 aromatic heterocycles. The minimum atomic E-state index is -1.24. The van der Waals surface area contributed by atoms with Crippen molar-refractivity contribution in [1.29, 1.82) is 5.26 Å². The fourth-order valence-corrected chi connectivity index (χ4v) is 4.14. The quantitative estimate of drug-likeness (QED) is 0.313. The Kier molecular flexibility index (Phi) is 7.87. The number of aliphatic hydroxyl groups is 2. The van der Waals surface area contributed by atoms with E-state index in [0.29, 0.717) is 36.2 Å². The number of aliphatic carboxylic acids is 1. The van der Waals surface area contributed by atoms with Crippen molar-refractivity contribution in [2.45, 2.75) is 37.4 Å². The van der Waals surface area contributed by atoms with Crippen LogP contribution in [0, 0.1) is 11.3 Å². The number of carboxylic acid groups (broad SMARTS) is 1. The number of hydrogen-bond acceptors (Lipinski definition) is 10. The largest absolute Gasteiger partial charge is 0.481 e. The zero-order chi connectivity index (χ0) is 25.7. The first-order valence-electron chi connectivity index (χ1n) is 11.4. The van der Waals surface area contributed by atoms with E-state index in [2.05, 4.69) is 21.0 Å². The molecule has 1 saturated heterocycles. The molecule has 4 rings (SSSR count). The molecule has 1 fully saturated rings. The van der Waals surface area contributed by atoms with Crippen LogP contribution in [0.3, 0.4) is 0 Å². The SMILES string of the molecule is N#Cc1ccc(/C=C/CN(CCCC(=O)O)C[C@H]2O[C@@H](n3cnc4c(N)ncnc43)[C@H](O)[C@@H]2O)cc1. The summed E-state index contributed by atoms with van der Waals surface area (Å²) in [6, 6.07) is 9.20. The molecule has 1 aliphatic rings. The predicted octanol–water partition coefficient (Wildman–Crippen LogP) is 0.780. The van der Waals surface area contributed by atoms with Crippen molar-refractivity contribution >= 4 is 29.0 Å². The van der Waals surface area contributed by atoms with Crippen LogP contribution in [0.1, 0.15) is 30.2 Å². The Morgan fingerprint density at radius 1 is 1.22 bits per heavy atom. The molecule has 12 nitrogen and oxygen atoms in total. The predicted molar refractivity (Wildman–Crippen MR) is 129 cm³/mol. The molecule has 1 aromatic carbocycles. The standard InChI is InChI=1S/C24H27N7O5/c25-11-16-7-5-15(6-8-16)3-1-9-30(10-2-4-18(32)33)12-17-20(34)21(35)24(36-17)31-14-29-19-22(26)27-13-28-23(19)31/h1,3,5-8,13-14,17,20-21,24,34-35H,2,4,9-10,12H2,(H,32,33)(H2,26,27,28)/b3-1+/t17-,20-,21-,24-/m1/s1. The molecule has 0 amide bonds. The van der Waals surface area contributed by atoms with Gasteiger partial charge in [-0.3, -0.25) is 14.3 Å². The van der Waals surface area contributed by atoms with Crippen LogP contribution in [0.25, 0.3) is 17.2 Å². The maximum absolute atomic E-state index is 11.0. The van der Waals surface area contributed by atoms with E-state index in [1.807, 2.05) is 29.2 Å². The summed E-state index contributed by atoms with van der Waals surface area (Å²) in [6.45, 7) is 1.18. The average molecular weight is 494 g/mol. The second kappa shape index (κ2) is 11.2. The van der Waals surface area contributed by atoms with Crippen LogP contribution in [0.15, 0.2) is 43.0 Å². The lowest BCUT2D eigenvalue weighted by atomic mass is 10.1. The van der Waals surface area contributed by atoms with Gasteiger partial charge in [-0.2, -0.15) is 5.26 Å². The number of ether oxygens (including phenoxy) is 1. The molecule has 36 heavy (non-hydrogen) atoms. The zero-order valence-corrected chi connectivity index (χ0v) is 19.4. The molecule has 3 heterocycles. The number of nitrogens with zero attached hydrogens (tertiary/aromatic N) is 6. The van der Waals surface area contributed by atoms with Crippen molar-refractivity contribution in [2.75, 3.05) is 25.4 Å². The van der Waals surface area contributed by atoms with E-state index < -0.39 is 30.5 Å². The minimum absolute atomic E-state index is 0.0112. The van der Waals surface area contributed by atoms with Crippen LogP contribution in [0.5, 0.6) is 0 Å². The van der Waals surface area contributed by atoms with Crippen molar-refractivity contribution in [3.8, 4) is 6.07 Å². The Morgan fingerprint density at radius 3 is 2.72 bits per heavy atom. The van der Waals surface area contributed by atoms with E-state index in [1.54, 1.807) is 12.1 Å². The summed E-state index contributed by atoms with van der Waals surface area (Å²) >= 11 is 0. The van der Waals surface area contributed by atoms with Gasteiger partial charge in [0.25, 0.3) is 0 Å². The molecule has 12 heteroatoms. The highest BCUT2D eigenvalue weighted by Gasteiger charge is 2.44. The van der Waals surface area contributed by atoms with Crippen molar-refractivity contribution in [1.82, 2.24) is 24.4 Å². The van der Waals surface area contributed by atoms with Crippen molar-refractivity contribution in [3.63, 3.8) is 0 Å². The molecule has 0 aliphatic carbocycles. The van der Waals surface area contributed by atoms with Crippen LogP contribution >= 0.6 is 0 Å². The molecular weight excluding hydrogens is 466 g/mol. The zero-order valence-electron chi connectivity index (χ0n) is 19.4. The third kappa shape index (κ3) is 5.67. The lowest BCUT2D eigenvalue weighted by Gasteiger charge is -2.25. The summed E-state index contributed by atoms with van der Waals surface area (Å²) in [5.74, 6) is -0.689. The number of rotatable bonds is 10. The van der Waals surface area contributed by atoms with Crippen LogP contribution < -0.4 is 5.73 Å². The number of aliphatic hydroxyl groups excluding tert-OH is 2. The number of anilines is 1. The van der Waals surface area contributed by atoms with Crippen molar-refractivity contribution in [2.24, 2.45) is 0 Å². The maximum Gasteiger partial charge on any atom is 0.303 e. The van der Waals surface area contributed by atoms with Gasteiger partial charge in [-0.1, -0.05) is 24.3 Å². The van der Waals surface area contributed by atoms with Gasteiger partial charge in [-0.25, -0.2) is 15.0 Å². The van der Waals surface area contributed by atoms with Gasteiger partial charge in [-0.15, -0.1) is 0 Å².